The SMILES string of the molecule is CC(CC(=[OH+])c1ccccc1)=Nc1ccccc1.CC(CC(=[OH+])c1ccccc1)=Nc1ccccc1.[Cu]. The Morgan fingerprint density at radius 3 is 1.05 bits per heavy atom. The monoisotopic (exact) mass is 539 g/mol. The molecule has 0 aliphatic carbocycles. The van der Waals surface area contributed by atoms with Gasteiger partial charge in [-0.3, -0.25) is 19.6 Å². The summed E-state index contributed by atoms with van der Waals surface area (Å²) in [6, 6.07) is 38.6. The van der Waals surface area contributed by atoms with Gasteiger partial charge in [0.05, 0.1) is 22.5 Å². The minimum absolute atomic E-state index is 0. The molecule has 0 saturated carbocycles. The van der Waals surface area contributed by atoms with Crippen molar-refractivity contribution in [1.82, 2.24) is 0 Å². The normalized spacial score (nSPS) is 11.0. The zero-order valence-electron chi connectivity index (χ0n) is 21.1. The molecule has 0 atom stereocenters. The molecule has 0 heterocycles. The van der Waals surface area contributed by atoms with Crippen LogP contribution in [0.2, 0.25) is 0 Å². The standard InChI is InChI=1S/2C16H15NO.Cu/c2*1-13(17-15-10-6-3-7-11-15)12-16(18)14-8-4-2-5-9-14;/h2*2-11H,12H2,1H3;/p+2. The first-order chi connectivity index (χ1) is 17.5. The Balaban J connectivity index is 0.000000253. The van der Waals surface area contributed by atoms with E-state index in [0.29, 0.717) is 24.4 Å². The molecule has 4 aromatic carbocycles. The summed E-state index contributed by atoms with van der Waals surface area (Å²) in [5, 5.41) is 0. The van der Waals surface area contributed by atoms with Crippen LogP contribution < -0.4 is 0 Å². The third-order valence-electron chi connectivity index (χ3n) is 5.21. The molecular formula is C32H32CuN2O2+2. The van der Waals surface area contributed by atoms with E-state index in [1.165, 1.54) is 0 Å². The van der Waals surface area contributed by atoms with Gasteiger partial charge in [0.15, 0.2) is 0 Å². The number of hydrogen-bond donors (Lipinski definition) is 0. The van der Waals surface area contributed by atoms with E-state index in [9.17, 15) is 9.59 Å². The van der Waals surface area contributed by atoms with Crippen LogP contribution in [0.1, 0.15) is 37.8 Å². The molecule has 0 aliphatic heterocycles. The van der Waals surface area contributed by atoms with Crippen molar-refractivity contribution in [1.29, 1.82) is 0 Å². The Kier molecular flexibility index (Phi) is 12.6. The van der Waals surface area contributed by atoms with Crippen molar-refractivity contribution >= 4 is 34.4 Å². The van der Waals surface area contributed by atoms with E-state index in [-0.39, 0.29) is 17.1 Å². The van der Waals surface area contributed by atoms with Crippen LogP contribution in [0.25, 0.3) is 0 Å². The molecule has 0 saturated heterocycles. The number of ketones is 2. The van der Waals surface area contributed by atoms with Crippen molar-refractivity contribution in [3.8, 4) is 0 Å². The molecule has 0 spiro atoms. The third kappa shape index (κ3) is 10.7. The van der Waals surface area contributed by atoms with E-state index in [4.69, 9.17) is 0 Å². The van der Waals surface area contributed by atoms with Crippen LogP contribution in [0.3, 0.4) is 0 Å². The molecule has 191 valence electrons. The molecule has 0 amide bonds. The van der Waals surface area contributed by atoms with Gasteiger partial charge in [0.2, 0.25) is 0 Å². The number of benzene rings is 4. The van der Waals surface area contributed by atoms with E-state index in [2.05, 4.69) is 9.98 Å². The van der Waals surface area contributed by atoms with Crippen molar-refractivity contribution in [2.24, 2.45) is 9.98 Å². The van der Waals surface area contributed by atoms with Gasteiger partial charge in [-0.2, -0.15) is 0 Å². The van der Waals surface area contributed by atoms with E-state index in [1.54, 1.807) is 0 Å². The molecule has 0 aliphatic rings. The number of rotatable bonds is 8. The first-order valence-corrected chi connectivity index (χ1v) is 11.9. The molecule has 4 aromatic rings. The first kappa shape index (κ1) is 29.3. The second kappa shape index (κ2) is 15.9. The number of aliphatic imine (C=N–C) groups is 2. The van der Waals surface area contributed by atoms with Gasteiger partial charge in [0, 0.05) is 28.5 Å². The van der Waals surface area contributed by atoms with E-state index < -0.39 is 0 Å². The molecule has 0 unspecified atom stereocenters. The summed E-state index contributed by atoms with van der Waals surface area (Å²) < 4.78 is 0. The maximum absolute atomic E-state index is 10.0. The minimum Gasteiger partial charge on any atom is -0.278 e. The second-order valence-corrected chi connectivity index (χ2v) is 8.34. The largest absolute Gasteiger partial charge is 0.329 e. The Morgan fingerprint density at radius 1 is 0.486 bits per heavy atom. The molecule has 4 nitrogen and oxygen atoms in total. The molecule has 5 heteroatoms. The topological polar surface area (TPSA) is 67.5 Å². The van der Waals surface area contributed by atoms with Crippen LogP contribution in [0.15, 0.2) is 131 Å². The summed E-state index contributed by atoms with van der Waals surface area (Å²) in [6.07, 6.45) is 0.942. The fourth-order valence-electron chi connectivity index (χ4n) is 3.47. The van der Waals surface area contributed by atoms with Gasteiger partial charge in [0.25, 0.3) is 0 Å². The van der Waals surface area contributed by atoms with Crippen molar-refractivity contribution < 1.29 is 26.7 Å². The Morgan fingerprint density at radius 2 is 0.757 bits per heavy atom. The Bertz CT molecular complexity index is 1200. The van der Waals surface area contributed by atoms with Gasteiger partial charge in [0.1, 0.15) is 12.8 Å². The summed E-state index contributed by atoms with van der Waals surface area (Å²) in [4.78, 5) is 28.9. The first-order valence-electron chi connectivity index (χ1n) is 11.9. The van der Waals surface area contributed by atoms with Crippen molar-refractivity contribution in [2.75, 3.05) is 0 Å². The molecule has 2 N–H and O–H groups in total. The summed E-state index contributed by atoms with van der Waals surface area (Å²) in [5.74, 6) is 0.709. The minimum atomic E-state index is 0. The zero-order valence-corrected chi connectivity index (χ0v) is 22.0. The molecular weight excluding hydrogens is 508 g/mol. The second-order valence-electron chi connectivity index (χ2n) is 8.34. The predicted octanol–water partition coefficient (Wildman–Crippen LogP) is 7.52. The maximum atomic E-state index is 10.0. The molecule has 4 rings (SSSR count). The van der Waals surface area contributed by atoms with Crippen LogP contribution in [-0.4, -0.2) is 32.6 Å². The van der Waals surface area contributed by atoms with Crippen LogP contribution in [0, 0.1) is 0 Å². The number of nitrogens with zero attached hydrogens (tertiary/aromatic N) is 2. The summed E-state index contributed by atoms with van der Waals surface area (Å²) >= 11 is 0. The number of para-hydroxylation sites is 2. The molecule has 0 bridgehead atoms. The summed E-state index contributed by atoms with van der Waals surface area (Å²) in [6.45, 7) is 3.85. The molecule has 37 heavy (non-hydrogen) atoms. The van der Waals surface area contributed by atoms with Crippen molar-refractivity contribution in [3.05, 3.63) is 132 Å². The van der Waals surface area contributed by atoms with Crippen LogP contribution in [0.5, 0.6) is 0 Å². The molecule has 1 radical (unpaired) electrons. The summed E-state index contributed by atoms with van der Waals surface area (Å²) in [5.41, 5.74) is 5.30. The summed E-state index contributed by atoms with van der Waals surface area (Å²) in [7, 11) is 0. The van der Waals surface area contributed by atoms with Crippen LogP contribution in [0.4, 0.5) is 11.4 Å². The average Bonchev–Trinajstić information content (AvgIpc) is 2.91. The van der Waals surface area contributed by atoms with E-state index in [1.807, 2.05) is 135 Å². The maximum Gasteiger partial charge on any atom is 0.329 e. The Labute approximate surface area is 229 Å². The smallest absolute Gasteiger partial charge is 0.278 e. The van der Waals surface area contributed by atoms with Gasteiger partial charge < -0.3 is 0 Å². The van der Waals surface area contributed by atoms with Crippen LogP contribution in [-0.2, 0) is 17.1 Å². The van der Waals surface area contributed by atoms with Crippen molar-refractivity contribution in [2.45, 2.75) is 26.7 Å². The van der Waals surface area contributed by atoms with Gasteiger partial charge >= 0.3 is 11.6 Å². The van der Waals surface area contributed by atoms with Gasteiger partial charge in [-0.1, -0.05) is 72.8 Å². The molecule has 0 fully saturated rings. The van der Waals surface area contributed by atoms with Gasteiger partial charge in [-0.15, -0.1) is 0 Å². The number of hydrogen-bond acceptors (Lipinski definition) is 2. The van der Waals surface area contributed by atoms with E-state index in [0.717, 1.165) is 33.9 Å². The quantitative estimate of drug-likeness (QED) is 0.0961. The fraction of sp³-hybridized carbons (Fsp3) is 0.125. The average molecular weight is 540 g/mol. The Hall–Kier alpha value is -3.92. The fourth-order valence-corrected chi connectivity index (χ4v) is 3.47. The van der Waals surface area contributed by atoms with E-state index >= 15 is 0 Å². The molecule has 0 aromatic heterocycles. The van der Waals surface area contributed by atoms with Crippen molar-refractivity contribution in [3.63, 3.8) is 0 Å². The van der Waals surface area contributed by atoms with Gasteiger partial charge in [-0.05, 0) is 62.4 Å². The number of carbonyl (C=O) groups excluding carboxylic acids is 2. The zero-order chi connectivity index (χ0) is 25.6. The third-order valence-corrected chi connectivity index (χ3v) is 5.21. The predicted molar refractivity (Wildman–Crippen MR) is 153 cm³/mol. The van der Waals surface area contributed by atoms with Gasteiger partial charge in [-0.25, -0.2) is 0 Å². The van der Waals surface area contributed by atoms with Crippen LogP contribution >= 0.6 is 0 Å².